The van der Waals surface area contributed by atoms with E-state index >= 15 is 0 Å². The van der Waals surface area contributed by atoms with Crippen LogP contribution in [0.1, 0.15) is 43.0 Å². The first-order valence-corrected chi connectivity index (χ1v) is 11.5. The van der Waals surface area contributed by atoms with Crippen LogP contribution < -0.4 is 10.1 Å². The Morgan fingerprint density at radius 1 is 1.24 bits per heavy atom. The molecule has 33 heavy (non-hydrogen) atoms. The summed E-state index contributed by atoms with van der Waals surface area (Å²) in [6.45, 7) is 3.78. The van der Waals surface area contributed by atoms with Gasteiger partial charge in [0.2, 0.25) is 0 Å². The molecule has 5 rings (SSSR count). The molecule has 3 heterocycles. The molecule has 1 fully saturated rings. The van der Waals surface area contributed by atoms with Crippen molar-refractivity contribution in [2.24, 2.45) is 4.99 Å². The molecule has 0 saturated heterocycles. The quantitative estimate of drug-likeness (QED) is 0.569. The number of fused-ring (bicyclic) bond motifs is 1. The van der Waals surface area contributed by atoms with Crippen LogP contribution in [-0.2, 0) is 4.79 Å². The molecular weight excluding hydrogens is 434 g/mol. The number of nitriles is 1. The van der Waals surface area contributed by atoms with E-state index in [-0.39, 0.29) is 18.1 Å². The Hall–Kier alpha value is -3.70. The predicted octanol–water partition coefficient (Wildman–Crippen LogP) is 4.40. The zero-order valence-corrected chi connectivity index (χ0v) is 19.0. The van der Waals surface area contributed by atoms with Crippen molar-refractivity contribution in [2.45, 2.75) is 38.3 Å². The number of carbonyl (C=O) groups excluding carboxylic acids is 1. The summed E-state index contributed by atoms with van der Waals surface area (Å²) >= 11 is 1.32. The van der Waals surface area contributed by atoms with Crippen molar-refractivity contribution in [3.8, 4) is 11.8 Å². The fourth-order valence-electron chi connectivity index (χ4n) is 3.76. The lowest BCUT2D eigenvalue weighted by Gasteiger charge is -2.13. The molecular formula is C25H21N5O2S. The number of hydrogen-bond donors (Lipinski definition) is 1. The van der Waals surface area contributed by atoms with Crippen molar-refractivity contribution < 1.29 is 9.53 Å². The molecule has 3 aromatic rings. The predicted molar refractivity (Wildman–Crippen MR) is 129 cm³/mol. The molecule has 1 amide bonds. The van der Waals surface area contributed by atoms with Gasteiger partial charge in [0.25, 0.3) is 5.91 Å². The van der Waals surface area contributed by atoms with Crippen LogP contribution in [0.4, 0.5) is 0 Å². The zero-order valence-electron chi connectivity index (χ0n) is 18.1. The number of nitrogens with zero attached hydrogens (tertiary/aromatic N) is 4. The minimum Gasteiger partial charge on any atom is -0.487 e. The average Bonchev–Trinajstić information content (AvgIpc) is 3.49. The molecule has 0 spiro atoms. The number of rotatable bonds is 5. The average molecular weight is 456 g/mol. The summed E-state index contributed by atoms with van der Waals surface area (Å²) in [5, 5.41) is 13.4. The van der Waals surface area contributed by atoms with Crippen LogP contribution in [0.25, 0.3) is 17.1 Å². The van der Waals surface area contributed by atoms with Gasteiger partial charge in [0.1, 0.15) is 17.1 Å². The normalized spacial score (nSPS) is 20.7. The van der Waals surface area contributed by atoms with Gasteiger partial charge in [-0.15, -0.1) is 0 Å². The summed E-state index contributed by atoms with van der Waals surface area (Å²) in [5.41, 5.74) is 3.32. The molecule has 0 radical (unpaired) electrons. The van der Waals surface area contributed by atoms with E-state index in [0.717, 1.165) is 6.42 Å². The molecule has 164 valence electrons. The molecule has 2 unspecified atom stereocenters. The number of thioether (sulfide) groups is 1. The molecule has 8 heteroatoms. The number of amides is 1. The lowest BCUT2D eigenvalue weighted by atomic mass is 10.1. The molecule has 2 aliphatic rings. The molecule has 1 N–H and O–H groups in total. The summed E-state index contributed by atoms with van der Waals surface area (Å²) < 4.78 is 5.86. The van der Waals surface area contributed by atoms with Crippen LogP contribution in [-0.4, -0.2) is 33.2 Å². The number of amidine groups is 1. The van der Waals surface area contributed by atoms with E-state index in [0.29, 0.717) is 44.0 Å². The van der Waals surface area contributed by atoms with Crippen molar-refractivity contribution >= 4 is 39.9 Å². The summed E-state index contributed by atoms with van der Waals surface area (Å²) in [4.78, 5) is 26.1. The number of hydrogen-bond acceptors (Lipinski definition) is 7. The number of ether oxygens (including phenoxy) is 1. The minimum atomic E-state index is -0.288. The molecule has 1 aliphatic carbocycles. The van der Waals surface area contributed by atoms with Gasteiger partial charge in [-0.25, -0.2) is 4.98 Å². The third-order valence-corrected chi connectivity index (χ3v) is 6.30. The van der Waals surface area contributed by atoms with Crippen molar-refractivity contribution in [1.29, 1.82) is 5.26 Å². The molecule has 7 nitrogen and oxygen atoms in total. The first kappa shape index (κ1) is 21.2. The third-order valence-electron chi connectivity index (χ3n) is 5.39. The van der Waals surface area contributed by atoms with Gasteiger partial charge < -0.3 is 10.1 Å². The smallest absolute Gasteiger partial charge is 0.286 e. The van der Waals surface area contributed by atoms with Crippen molar-refractivity contribution in [3.05, 3.63) is 70.4 Å². The first-order valence-electron chi connectivity index (χ1n) is 10.7. The number of pyridine rings is 2. The highest BCUT2D eigenvalue weighted by molar-refractivity contribution is 8.18. The Morgan fingerprint density at radius 3 is 2.82 bits per heavy atom. The number of carbonyl (C=O) groups is 1. The van der Waals surface area contributed by atoms with E-state index in [9.17, 15) is 10.1 Å². The molecule has 1 aliphatic heterocycles. The van der Waals surface area contributed by atoms with Crippen molar-refractivity contribution in [3.63, 3.8) is 0 Å². The van der Waals surface area contributed by atoms with E-state index in [4.69, 9.17) is 4.74 Å². The van der Waals surface area contributed by atoms with Gasteiger partial charge in [-0.3, -0.25) is 9.78 Å². The number of aliphatic imine (C=N–C) groups is 1. The third kappa shape index (κ3) is 4.45. The molecule has 2 atom stereocenters. The number of aromatic nitrogens is 2. The minimum absolute atomic E-state index is 0.123. The largest absolute Gasteiger partial charge is 0.487 e. The van der Waals surface area contributed by atoms with Crippen LogP contribution in [0, 0.1) is 11.3 Å². The molecule has 1 saturated carbocycles. The summed E-state index contributed by atoms with van der Waals surface area (Å²) in [7, 11) is 0. The van der Waals surface area contributed by atoms with E-state index in [2.05, 4.69) is 38.5 Å². The Labute approximate surface area is 195 Å². The van der Waals surface area contributed by atoms with E-state index < -0.39 is 0 Å². The van der Waals surface area contributed by atoms with E-state index in [1.807, 2.05) is 38.1 Å². The molecule has 2 aromatic heterocycles. The van der Waals surface area contributed by atoms with E-state index in [1.54, 1.807) is 12.1 Å². The maximum absolute atomic E-state index is 12.5. The first-order chi connectivity index (χ1) is 16.0. The fraction of sp³-hybridized carbons (Fsp3) is 0.240. The van der Waals surface area contributed by atoms with Crippen LogP contribution in [0.2, 0.25) is 0 Å². The summed E-state index contributed by atoms with van der Waals surface area (Å²) in [5.74, 6) is 0.562. The van der Waals surface area contributed by atoms with Crippen LogP contribution >= 0.6 is 11.8 Å². The lowest BCUT2D eigenvalue weighted by molar-refractivity contribution is -0.113. The second kappa shape index (κ2) is 8.68. The monoisotopic (exact) mass is 455 g/mol. The van der Waals surface area contributed by atoms with Gasteiger partial charge in [-0.05, 0) is 55.8 Å². The van der Waals surface area contributed by atoms with Gasteiger partial charge in [-0.1, -0.05) is 30.3 Å². The Bertz CT molecular complexity index is 1340. The topological polar surface area (TPSA) is 100 Å². The van der Waals surface area contributed by atoms with Gasteiger partial charge in [0.15, 0.2) is 10.9 Å². The lowest BCUT2D eigenvalue weighted by Crippen LogP contribution is -2.22. The van der Waals surface area contributed by atoms with Crippen LogP contribution in [0.5, 0.6) is 5.75 Å². The zero-order chi connectivity index (χ0) is 22.9. The molecule has 1 aromatic carbocycles. The van der Waals surface area contributed by atoms with Crippen molar-refractivity contribution in [1.82, 2.24) is 15.3 Å². The fourth-order valence-corrected chi connectivity index (χ4v) is 4.62. The van der Waals surface area contributed by atoms with Crippen molar-refractivity contribution in [2.75, 3.05) is 0 Å². The van der Waals surface area contributed by atoms with Gasteiger partial charge in [0.05, 0.1) is 22.2 Å². The summed E-state index contributed by atoms with van der Waals surface area (Å²) in [6, 6.07) is 16.3. The Kier molecular flexibility index (Phi) is 5.56. The standard InChI is InChI=1S/C25H21N5O2S/c1-14(2)32-23-16(12-26)13-27-19-9-8-17(28-22(19)23)10-21-24(31)30-25(33-21)29-20-11-18(20)15-6-4-3-5-7-15/h3-10,13-14,18,20H,11H2,1-2H3,(H,29,30,31). The number of nitrogens with one attached hydrogen (secondary N) is 1. The Balaban J connectivity index is 1.35. The highest BCUT2D eigenvalue weighted by atomic mass is 32.2. The van der Waals surface area contributed by atoms with Gasteiger partial charge in [0, 0.05) is 18.2 Å². The highest BCUT2D eigenvalue weighted by Crippen LogP contribution is 2.42. The Morgan fingerprint density at radius 2 is 2.06 bits per heavy atom. The summed E-state index contributed by atoms with van der Waals surface area (Å²) in [6.07, 6.45) is 4.10. The second-order valence-electron chi connectivity index (χ2n) is 8.22. The van der Waals surface area contributed by atoms with Crippen LogP contribution in [0.3, 0.4) is 0 Å². The maximum Gasteiger partial charge on any atom is 0.286 e. The van der Waals surface area contributed by atoms with Crippen LogP contribution in [0.15, 0.2) is 58.6 Å². The number of benzene rings is 1. The van der Waals surface area contributed by atoms with E-state index in [1.165, 1.54) is 23.5 Å². The maximum atomic E-state index is 12.5. The SMILES string of the molecule is CC(C)Oc1c(C#N)cnc2ccc(C=C3SC(NC4CC4c4ccccc4)=NC3=O)nc12. The highest BCUT2D eigenvalue weighted by Gasteiger charge is 2.40. The van der Waals surface area contributed by atoms with Gasteiger partial charge in [-0.2, -0.15) is 10.3 Å². The second-order valence-corrected chi connectivity index (χ2v) is 9.25. The van der Waals surface area contributed by atoms with Gasteiger partial charge >= 0.3 is 0 Å². The molecule has 0 bridgehead atoms.